The summed E-state index contributed by atoms with van der Waals surface area (Å²) in [6.07, 6.45) is 6.30. The zero-order chi connectivity index (χ0) is 17.5. The third-order valence-corrected chi connectivity index (χ3v) is 5.34. The third-order valence-electron chi connectivity index (χ3n) is 4.78. The molecular weight excluding hydrogens is 372 g/mol. The number of fused-ring (bicyclic) bond motifs is 2. The van der Waals surface area contributed by atoms with Crippen LogP contribution in [0.15, 0.2) is 16.7 Å². The van der Waals surface area contributed by atoms with Crippen LogP contribution in [0.25, 0.3) is 0 Å². The number of hydrogen-bond donors (Lipinski definition) is 0. The molecule has 2 aliphatic rings. The molecule has 6 heteroatoms. The number of piperidine rings is 1. The number of nitrogens with zero attached hydrogens (tertiary/aromatic N) is 2. The standard InChI is InChI=1S/C18H25BrN2O3/c1-18(2,3)24-17(22)11-7-15(19)16(20-10-11)23-14-8-12-5-6-13(9-14)21(12)4/h7,10,12-14H,5-6,8-9H2,1-4H3/t12-,13+,14-. The minimum absolute atomic E-state index is 0.190. The van der Waals surface area contributed by atoms with Gasteiger partial charge in [-0.05, 0) is 75.5 Å². The Balaban J connectivity index is 1.66. The second-order valence-electron chi connectivity index (χ2n) is 7.77. The Kier molecular flexibility index (Phi) is 4.89. The summed E-state index contributed by atoms with van der Waals surface area (Å²) >= 11 is 3.47. The molecule has 1 aromatic heterocycles. The fourth-order valence-electron chi connectivity index (χ4n) is 3.58. The number of esters is 1. The lowest BCUT2D eigenvalue weighted by Crippen LogP contribution is -2.43. The molecule has 0 radical (unpaired) electrons. The largest absolute Gasteiger partial charge is 0.473 e. The van der Waals surface area contributed by atoms with Gasteiger partial charge >= 0.3 is 5.97 Å². The first-order valence-electron chi connectivity index (χ1n) is 8.50. The first-order valence-corrected chi connectivity index (χ1v) is 9.30. The zero-order valence-corrected chi connectivity index (χ0v) is 16.3. The van der Waals surface area contributed by atoms with Crippen molar-refractivity contribution in [2.75, 3.05) is 7.05 Å². The summed E-state index contributed by atoms with van der Waals surface area (Å²) < 4.78 is 12.2. The van der Waals surface area contributed by atoms with Crippen LogP contribution >= 0.6 is 15.9 Å². The van der Waals surface area contributed by atoms with Crippen LogP contribution in [0.4, 0.5) is 0 Å². The SMILES string of the molecule is CN1[C@@H]2CC[C@H]1C[C@H](Oc1ncc(C(=O)OC(C)(C)C)cc1Br)C2. The van der Waals surface area contributed by atoms with E-state index in [1.807, 2.05) is 20.8 Å². The van der Waals surface area contributed by atoms with Gasteiger partial charge in [-0.25, -0.2) is 9.78 Å². The van der Waals surface area contributed by atoms with Gasteiger partial charge in [0.05, 0.1) is 10.0 Å². The summed E-state index contributed by atoms with van der Waals surface area (Å²) in [5, 5.41) is 0. The number of ether oxygens (including phenoxy) is 2. The minimum Gasteiger partial charge on any atom is -0.473 e. The highest BCUT2D eigenvalue weighted by atomic mass is 79.9. The monoisotopic (exact) mass is 396 g/mol. The maximum Gasteiger partial charge on any atom is 0.340 e. The van der Waals surface area contributed by atoms with Gasteiger partial charge in [-0.2, -0.15) is 0 Å². The van der Waals surface area contributed by atoms with Gasteiger partial charge in [0.25, 0.3) is 0 Å². The van der Waals surface area contributed by atoms with Crippen molar-refractivity contribution in [3.63, 3.8) is 0 Å². The number of carbonyl (C=O) groups excluding carboxylic acids is 1. The molecule has 3 heterocycles. The number of halogens is 1. The summed E-state index contributed by atoms with van der Waals surface area (Å²) in [5.74, 6) is 0.177. The smallest absolute Gasteiger partial charge is 0.340 e. The van der Waals surface area contributed by atoms with Gasteiger partial charge in [0.1, 0.15) is 11.7 Å². The molecule has 2 saturated heterocycles. The van der Waals surface area contributed by atoms with Crippen molar-refractivity contribution in [2.45, 2.75) is 70.2 Å². The molecule has 0 aliphatic carbocycles. The zero-order valence-electron chi connectivity index (χ0n) is 14.7. The molecule has 0 aromatic carbocycles. The minimum atomic E-state index is -0.522. The van der Waals surface area contributed by atoms with E-state index >= 15 is 0 Å². The number of carbonyl (C=O) groups is 1. The van der Waals surface area contributed by atoms with Crippen molar-refractivity contribution in [1.82, 2.24) is 9.88 Å². The van der Waals surface area contributed by atoms with E-state index in [1.54, 1.807) is 6.07 Å². The second-order valence-corrected chi connectivity index (χ2v) is 8.63. The Morgan fingerprint density at radius 1 is 1.29 bits per heavy atom. The van der Waals surface area contributed by atoms with E-state index in [0.29, 0.717) is 28.0 Å². The van der Waals surface area contributed by atoms with Crippen LogP contribution in [-0.2, 0) is 4.74 Å². The van der Waals surface area contributed by atoms with E-state index < -0.39 is 5.60 Å². The van der Waals surface area contributed by atoms with Crippen LogP contribution in [0.5, 0.6) is 5.88 Å². The Morgan fingerprint density at radius 2 is 1.92 bits per heavy atom. The average molecular weight is 397 g/mol. The van der Waals surface area contributed by atoms with Crippen molar-refractivity contribution in [3.05, 3.63) is 22.3 Å². The molecule has 0 spiro atoms. The van der Waals surface area contributed by atoms with Crippen LogP contribution in [0.3, 0.4) is 0 Å². The molecule has 3 rings (SSSR count). The molecule has 0 amide bonds. The topological polar surface area (TPSA) is 51.7 Å². The maximum absolute atomic E-state index is 12.1. The lowest BCUT2D eigenvalue weighted by Gasteiger charge is -2.36. The molecule has 3 atom stereocenters. The average Bonchev–Trinajstić information content (AvgIpc) is 2.70. The molecule has 2 bridgehead atoms. The fraction of sp³-hybridized carbons (Fsp3) is 0.667. The molecule has 1 aromatic rings. The highest BCUT2D eigenvalue weighted by Crippen LogP contribution is 2.36. The summed E-state index contributed by atoms with van der Waals surface area (Å²) in [6.45, 7) is 5.54. The van der Waals surface area contributed by atoms with Gasteiger partial charge in [-0.1, -0.05) is 0 Å². The van der Waals surface area contributed by atoms with E-state index in [2.05, 4.69) is 32.9 Å². The van der Waals surface area contributed by atoms with Crippen LogP contribution < -0.4 is 4.74 Å². The number of hydrogen-bond acceptors (Lipinski definition) is 5. The molecule has 132 valence electrons. The van der Waals surface area contributed by atoms with E-state index in [0.717, 1.165) is 12.8 Å². The summed E-state index contributed by atoms with van der Waals surface area (Å²) in [5.41, 5.74) is -0.0980. The van der Waals surface area contributed by atoms with E-state index in [-0.39, 0.29) is 12.1 Å². The predicted molar refractivity (Wildman–Crippen MR) is 95.3 cm³/mol. The van der Waals surface area contributed by atoms with Crippen LogP contribution in [0.1, 0.15) is 56.8 Å². The Hall–Kier alpha value is -1.14. The van der Waals surface area contributed by atoms with Crippen LogP contribution in [-0.4, -0.2) is 46.7 Å². The first-order chi connectivity index (χ1) is 11.2. The summed E-state index contributed by atoms with van der Waals surface area (Å²) in [4.78, 5) is 18.9. The van der Waals surface area contributed by atoms with Gasteiger partial charge in [-0.3, -0.25) is 0 Å². The highest BCUT2D eigenvalue weighted by molar-refractivity contribution is 9.10. The first kappa shape index (κ1) is 17.7. The van der Waals surface area contributed by atoms with Crippen molar-refractivity contribution in [2.24, 2.45) is 0 Å². The summed E-state index contributed by atoms with van der Waals surface area (Å²) in [7, 11) is 2.21. The predicted octanol–water partition coefficient (Wildman–Crippen LogP) is 3.80. The number of aromatic nitrogens is 1. The van der Waals surface area contributed by atoms with Crippen molar-refractivity contribution < 1.29 is 14.3 Å². The Bertz CT molecular complexity index is 615. The van der Waals surface area contributed by atoms with E-state index in [1.165, 1.54) is 19.0 Å². The molecule has 0 saturated carbocycles. The molecule has 5 nitrogen and oxygen atoms in total. The van der Waals surface area contributed by atoms with Crippen molar-refractivity contribution in [3.8, 4) is 5.88 Å². The van der Waals surface area contributed by atoms with Crippen LogP contribution in [0, 0.1) is 0 Å². The number of pyridine rings is 1. The fourth-order valence-corrected chi connectivity index (χ4v) is 4.02. The molecule has 2 fully saturated rings. The lowest BCUT2D eigenvalue weighted by atomic mass is 10.0. The molecule has 0 unspecified atom stereocenters. The van der Waals surface area contributed by atoms with Crippen molar-refractivity contribution in [1.29, 1.82) is 0 Å². The molecular formula is C18H25BrN2O3. The van der Waals surface area contributed by atoms with Gasteiger partial charge in [0.2, 0.25) is 5.88 Å². The maximum atomic E-state index is 12.1. The normalized spacial score (nSPS) is 27.1. The Labute approximate surface area is 151 Å². The van der Waals surface area contributed by atoms with Gasteiger partial charge < -0.3 is 14.4 Å². The summed E-state index contributed by atoms with van der Waals surface area (Å²) in [6, 6.07) is 2.96. The van der Waals surface area contributed by atoms with E-state index in [9.17, 15) is 4.79 Å². The van der Waals surface area contributed by atoms with Gasteiger partial charge in [-0.15, -0.1) is 0 Å². The van der Waals surface area contributed by atoms with E-state index in [4.69, 9.17) is 9.47 Å². The third kappa shape index (κ3) is 3.91. The quantitative estimate of drug-likeness (QED) is 0.727. The van der Waals surface area contributed by atoms with Gasteiger partial charge in [0.15, 0.2) is 0 Å². The molecule has 2 aliphatic heterocycles. The van der Waals surface area contributed by atoms with Gasteiger partial charge in [0, 0.05) is 18.3 Å². The van der Waals surface area contributed by atoms with Crippen molar-refractivity contribution >= 4 is 21.9 Å². The molecule has 24 heavy (non-hydrogen) atoms. The highest BCUT2D eigenvalue weighted by Gasteiger charge is 2.39. The number of rotatable bonds is 3. The second kappa shape index (κ2) is 6.64. The molecule has 0 N–H and O–H groups in total. The lowest BCUT2D eigenvalue weighted by molar-refractivity contribution is 0.00688. The Morgan fingerprint density at radius 3 is 2.46 bits per heavy atom. The van der Waals surface area contributed by atoms with Crippen LogP contribution in [0.2, 0.25) is 0 Å².